The van der Waals surface area contributed by atoms with Crippen LogP contribution in [0.25, 0.3) is 0 Å². The Bertz CT molecular complexity index is 223. The molecular weight excluding hydrogens is 252 g/mol. The zero-order valence-electron chi connectivity index (χ0n) is 13.5. The summed E-state index contributed by atoms with van der Waals surface area (Å²) in [5, 5.41) is 3.80. The van der Waals surface area contributed by atoms with Crippen molar-refractivity contribution >= 4 is 11.8 Å². The molecule has 114 valence electrons. The minimum atomic E-state index is 0.763. The molecule has 0 aliphatic heterocycles. The maximum absolute atomic E-state index is 3.80. The number of hydrogen-bond donors (Lipinski definition) is 1. The summed E-state index contributed by atoms with van der Waals surface area (Å²) in [4.78, 5) is 2.54. The van der Waals surface area contributed by atoms with Gasteiger partial charge in [0.05, 0.1) is 0 Å². The quantitative estimate of drug-likeness (QED) is 0.698. The smallest absolute Gasteiger partial charge is 0.0108 e. The first-order chi connectivity index (χ1) is 9.21. The Labute approximate surface area is 125 Å². The maximum atomic E-state index is 3.80. The zero-order chi connectivity index (χ0) is 14.1. The summed E-state index contributed by atoms with van der Waals surface area (Å²) < 4.78 is 0. The van der Waals surface area contributed by atoms with Crippen molar-refractivity contribution in [2.75, 3.05) is 38.7 Å². The molecule has 0 aromatic heterocycles. The van der Waals surface area contributed by atoms with Crippen LogP contribution in [0.5, 0.6) is 0 Å². The minimum Gasteiger partial charge on any atom is -0.314 e. The maximum Gasteiger partial charge on any atom is 0.0108 e. The van der Waals surface area contributed by atoms with Crippen LogP contribution in [-0.4, -0.2) is 49.6 Å². The van der Waals surface area contributed by atoms with Crippen molar-refractivity contribution < 1.29 is 0 Å². The largest absolute Gasteiger partial charge is 0.314 e. The third kappa shape index (κ3) is 6.50. The molecule has 1 fully saturated rings. The van der Waals surface area contributed by atoms with Crippen molar-refractivity contribution in [1.82, 2.24) is 10.2 Å². The van der Waals surface area contributed by atoms with E-state index in [9.17, 15) is 0 Å². The Hall–Kier alpha value is 0.270. The Balaban J connectivity index is 2.45. The van der Waals surface area contributed by atoms with E-state index in [-0.39, 0.29) is 0 Å². The van der Waals surface area contributed by atoms with Gasteiger partial charge in [-0.2, -0.15) is 11.8 Å². The molecule has 1 rings (SSSR count). The van der Waals surface area contributed by atoms with Gasteiger partial charge in [-0.15, -0.1) is 0 Å². The molecule has 1 saturated carbocycles. The van der Waals surface area contributed by atoms with E-state index in [2.05, 4.69) is 37.4 Å². The zero-order valence-corrected chi connectivity index (χ0v) is 14.3. The van der Waals surface area contributed by atoms with E-state index in [1.54, 1.807) is 0 Å². The second-order valence-corrected chi connectivity index (χ2v) is 7.15. The van der Waals surface area contributed by atoms with Crippen LogP contribution in [0.15, 0.2) is 0 Å². The first kappa shape index (κ1) is 17.3. The summed E-state index contributed by atoms with van der Waals surface area (Å²) >= 11 is 1.95. The molecule has 3 atom stereocenters. The van der Waals surface area contributed by atoms with Gasteiger partial charge in [-0.3, -0.25) is 0 Å². The van der Waals surface area contributed by atoms with Crippen LogP contribution >= 0.6 is 11.8 Å². The monoisotopic (exact) mass is 286 g/mol. The standard InChI is InChI=1S/C16H34N2S/c1-5-9-17-16-8-7-14(6-2)12-15(16)13-18(3)10-11-19-4/h14-17H,5-13H2,1-4H3. The summed E-state index contributed by atoms with van der Waals surface area (Å²) in [5.41, 5.74) is 0. The molecule has 0 aromatic carbocycles. The number of hydrogen-bond acceptors (Lipinski definition) is 3. The number of nitrogens with zero attached hydrogens (tertiary/aromatic N) is 1. The number of nitrogens with one attached hydrogen (secondary N) is 1. The van der Waals surface area contributed by atoms with E-state index in [0.29, 0.717) is 0 Å². The highest BCUT2D eigenvalue weighted by molar-refractivity contribution is 7.98. The summed E-state index contributed by atoms with van der Waals surface area (Å²) in [5.74, 6) is 3.09. The van der Waals surface area contributed by atoms with Gasteiger partial charge in [0, 0.05) is 24.9 Å². The van der Waals surface area contributed by atoms with E-state index in [0.717, 1.165) is 17.9 Å². The van der Waals surface area contributed by atoms with Gasteiger partial charge >= 0.3 is 0 Å². The first-order valence-electron chi connectivity index (χ1n) is 8.12. The van der Waals surface area contributed by atoms with Crippen molar-refractivity contribution in [2.24, 2.45) is 11.8 Å². The second kappa shape index (κ2) is 10.1. The molecule has 2 nitrogen and oxygen atoms in total. The lowest BCUT2D eigenvalue weighted by Gasteiger charge is -2.38. The highest BCUT2D eigenvalue weighted by atomic mass is 32.2. The summed E-state index contributed by atoms with van der Waals surface area (Å²) in [6, 6.07) is 0.763. The van der Waals surface area contributed by atoms with Crippen molar-refractivity contribution in [3.8, 4) is 0 Å². The van der Waals surface area contributed by atoms with E-state index >= 15 is 0 Å². The van der Waals surface area contributed by atoms with Crippen LogP contribution in [0, 0.1) is 11.8 Å². The molecule has 3 heteroatoms. The van der Waals surface area contributed by atoms with Crippen molar-refractivity contribution in [1.29, 1.82) is 0 Å². The average molecular weight is 287 g/mol. The molecule has 0 heterocycles. The van der Waals surface area contributed by atoms with Crippen LogP contribution in [0.4, 0.5) is 0 Å². The Morgan fingerprint density at radius 3 is 2.68 bits per heavy atom. The lowest BCUT2D eigenvalue weighted by Crippen LogP contribution is -2.45. The third-order valence-electron chi connectivity index (χ3n) is 4.55. The Morgan fingerprint density at radius 1 is 1.26 bits per heavy atom. The molecule has 1 aliphatic carbocycles. The first-order valence-corrected chi connectivity index (χ1v) is 9.51. The molecule has 3 unspecified atom stereocenters. The molecule has 1 aliphatic rings. The fraction of sp³-hybridized carbons (Fsp3) is 1.00. The molecule has 19 heavy (non-hydrogen) atoms. The van der Waals surface area contributed by atoms with E-state index < -0.39 is 0 Å². The van der Waals surface area contributed by atoms with Gasteiger partial charge in [-0.05, 0) is 57.4 Å². The predicted molar refractivity (Wildman–Crippen MR) is 89.1 cm³/mol. The van der Waals surface area contributed by atoms with Crippen LogP contribution in [0.3, 0.4) is 0 Å². The third-order valence-corrected chi connectivity index (χ3v) is 5.14. The van der Waals surface area contributed by atoms with Crippen LogP contribution < -0.4 is 5.32 Å². The van der Waals surface area contributed by atoms with Crippen LogP contribution in [0.1, 0.15) is 46.0 Å². The minimum absolute atomic E-state index is 0.763. The molecule has 0 aromatic rings. The van der Waals surface area contributed by atoms with Crippen molar-refractivity contribution in [3.05, 3.63) is 0 Å². The topological polar surface area (TPSA) is 15.3 Å². The Kier molecular flexibility index (Phi) is 9.17. The van der Waals surface area contributed by atoms with Gasteiger partial charge in [0.15, 0.2) is 0 Å². The lowest BCUT2D eigenvalue weighted by atomic mass is 9.76. The summed E-state index contributed by atoms with van der Waals surface area (Å²) in [7, 11) is 2.29. The Morgan fingerprint density at radius 2 is 2.05 bits per heavy atom. The van der Waals surface area contributed by atoms with Crippen molar-refractivity contribution in [2.45, 2.75) is 52.0 Å². The molecule has 0 saturated heterocycles. The molecule has 0 radical (unpaired) electrons. The number of thioether (sulfide) groups is 1. The molecule has 1 N–H and O–H groups in total. The normalized spacial score (nSPS) is 27.9. The van der Waals surface area contributed by atoms with E-state index in [1.165, 1.54) is 57.5 Å². The van der Waals surface area contributed by atoms with Crippen molar-refractivity contribution in [3.63, 3.8) is 0 Å². The van der Waals surface area contributed by atoms with E-state index in [1.807, 2.05) is 11.8 Å². The molecule has 0 bridgehead atoms. The molecular formula is C16H34N2S. The fourth-order valence-corrected chi connectivity index (χ4v) is 3.77. The SMILES string of the molecule is CCCNC1CCC(CC)CC1CN(C)CCSC. The average Bonchev–Trinajstić information content (AvgIpc) is 2.43. The van der Waals surface area contributed by atoms with Gasteiger partial charge in [0.1, 0.15) is 0 Å². The van der Waals surface area contributed by atoms with E-state index in [4.69, 9.17) is 0 Å². The van der Waals surface area contributed by atoms with Crippen LogP contribution in [0.2, 0.25) is 0 Å². The molecule has 0 amide bonds. The van der Waals surface area contributed by atoms with Gasteiger partial charge in [0.2, 0.25) is 0 Å². The van der Waals surface area contributed by atoms with Gasteiger partial charge in [-0.25, -0.2) is 0 Å². The highest BCUT2D eigenvalue weighted by Gasteiger charge is 2.29. The fourth-order valence-electron chi connectivity index (χ4n) is 3.27. The highest BCUT2D eigenvalue weighted by Crippen LogP contribution is 2.31. The summed E-state index contributed by atoms with van der Waals surface area (Å²) in [6.07, 6.45) is 9.07. The predicted octanol–water partition coefficient (Wildman–Crippen LogP) is 3.48. The van der Waals surface area contributed by atoms with Gasteiger partial charge in [0.25, 0.3) is 0 Å². The summed E-state index contributed by atoms with van der Waals surface area (Å²) in [6.45, 7) is 8.32. The van der Waals surface area contributed by atoms with Gasteiger partial charge < -0.3 is 10.2 Å². The molecule has 0 spiro atoms. The second-order valence-electron chi connectivity index (χ2n) is 6.16. The number of rotatable bonds is 9. The van der Waals surface area contributed by atoms with Crippen LogP contribution in [-0.2, 0) is 0 Å². The lowest BCUT2D eigenvalue weighted by molar-refractivity contribution is 0.155. The van der Waals surface area contributed by atoms with Gasteiger partial charge in [-0.1, -0.05) is 20.3 Å².